The molecule has 18 heavy (non-hydrogen) atoms. The number of nitrogens with zero attached hydrogens (tertiary/aromatic N) is 2. The highest BCUT2D eigenvalue weighted by molar-refractivity contribution is 5.81. The summed E-state index contributed by atoms with van der Waals surface area (Å²) in [6, 6.07) is 0. The predicted molar refractivity (Wildman–Crippen MR) is 70.3 cm³/mol. The van der Waals surface area contributed by atoms with Crippen LogP contribution < -0.4 is 5.73 Å². The average molecular weight is 249 g/mol. The van der Waals surface area contributed by atoms with Crippen LogP contribution in [0.3, 0.4) is 0 Å². The number of nitrogens with two attached hydrogens (primary N) is 1. The van der Waals surface area contributed by atoms with Gasteiger partial charge in [0.2, 0.25) is 0 Å². The van der Waals surface area contributed by atoms with Gasteiger partial charge in [-0.3, -0.25) is 4.99 Å². The summed E-state index contributed by atoms with van der Waals surface area (Å²) in [7, 11) is 0. The first-order valence-corrected chi connectivity index (χ1v) is 7.47. The smallest absolute Gasteiger partial charge is 0.191 e. The minimum absolute atomic E-state index is 0.277. The molecule has 3 fully saturated rings. The number of hydrogen-bond acceptors (Lipinski definition) is 4. The molecule has 0 aromatic heterocycles. The summed E-state index contributed by atoms with van der Waals surface area (Å²) in [6.45, 7) is 2.83. The van der Waals surface area contributed by atoms with Crippen molar-refractivity contribution in [1.82, 2.24) is 4.90 Å². The molecule has 2 bridgehead atoms. The van der Waals surface area contributed by atoms with Gasteiger partial charge < -0.3 is 15.4 Å². The SMILES string of the molecule is NC1=NCC2(CC3CCC2C3)N1CC1CCCO1. The first-order valence-electron chi connectivity index (χ1n) is 7.47. The minimum Gasteiger partial charge on any atom is -0.376 e. The zero-order chi connectivity index (χ0) is 12.2. The molecule has 100 valence electrons. The molecule has 2 aliphatic carbocycles. The van der Waals surface area contributed by atoms with E-state index in [1.54, 1.807) is 0 Å². The van der Waals surface area contributed by atoms with Crippen molar-refractivity contribution in [2.45, 2.75) is 50.2 Å². The van der Waals surface area contributed by atoms with Crippen molar-refractivity contribution < 1.29 is 4.74 Å². The summed E-state index contributed by atoms with van der Waals surface area (Å²) in [4.78, 5) is 7.00. The van der Waals surface area contributed by atoms with Crippen LogP contribution in [0.5, 0.6) is 0 Å². The number of fused-ring (bicyclic) bond motifs is 3. The lowest BCUT2D eigenvalue weighted by Crippen LogP contribution is -2.56. The Morgan fingerprint density at radius 2 is 2.33 bits per heavy atom. The van der Waals surface area contributed by atoms with Gasteiger partial charge in [0.05, 0.1) is 18.2 Å². The fraction of sp³-hybridized carbons (Fsp3) is 0.929. The Hall–Kier alpha value is -0.770. The molecule has 0 aromatic rings. The Labute approximate surface area is 109 Å². The van der Waals surface area contributed by atoms with Gasteiger partial charge in [-0.2, -0.15) is 0 Å². The van der Waals surface area contributed by atoms with Gasteiger partial charge in [0.25, 0.3) is 0 Å². The third-order valence-corrected chi connectivity index (χ3v) is 5.68. The zero-order valence-electron chi connectivity index (χ0n) is 11.0. The first kappa shape index (κ1) is 11.1. The van der Waals surface area contributed by atoms with Gasteiger partial charge in [0.1, 0.15) is 0 Å². The molecule has 2 N–H and O–H groups in total. The lowest BCUT2D eigenvalue weighted by Gasteiger charge is -2.43. The molecule has 1 saturated heterocycles. The largest absolute Gasteiger partial charge is 0.376 e. The Bertz CT molecular complexity index is 377. The molecule has 4 nitrogen and oxygen atoms in total. The summed E-state index contributed by atoms with van der Waals surface area (Å²) in [5, 5.41) is 0. The van der Waals surface area contributed by atoms with E-state index in [1.807, 2.05) is 0 Å². The fourth-order valence-corrected chi connectivity index (χ4v) is 4.82. The summed E-state index contributed by atoms with van der Waals surface area (Å²) in [5.74, 6) is 2.54. The van der Waals surface area contributed by atoms with Gasteiger partial charge in [-0.25, -0.2) is 0 Å². The lowest BCUT2D eigenvalue weighted by atomic mass is 9.80. The summed E-state index contributed by atoms with van der Waals surface area (Å²) in [5.41, 5.74) is 6.44. The average Bonchev–Trinajstić information content (AvgIpc) is 3.11. The van der Waals surface area contributed by atoms with Gasteiger partial charge in [0.15, 0.2) is 5.96 Å². The Kier molecular flexibility index (Phi) is 2.38. The predicted octanol–water partition coefficient (Wildman–Crippen LogP) is 1.35. The van der Waals surface area contributed by atoms with Crippen LogP contribution in [0.4, 0.5) is 0 Å². The molecule has 0 aromatic carbocycles. The van der Waals surface area contributed by atoms with Crippen molar-refractivity contribution in [1.29, 1.82) is 0 Å². The highest BCUT2D eigenvalue weighted by Gasteiger charge is 2.57. The van der Waals surface area contributed by atoms with E-state index in [-0.39, 0.29) is 5.54 Å². The monoisotopic (exact) mass is 249 g/mol. The highest BCUT2D eigenvalue weighted by atomic mass is 16.5. The van der Waals surface area contributed by atoms with Gasteiger partial charge in [0, 0.05) is 13.2 Å². The van der Waals surface area contributed by atoms with Crippen LogP contribution in [0.2, 0.25) is 0 Å². The second-order valence-electron chi connectivity index (χ2n) is 6.60. The molecule has 2 saturated carbocycles. The van der Waals surface area contributed by atoms with E-state index in [9.17, 15) is 0 Å². The van der Waals surface area contributed by atoms with E-state index >= 15 is 0 Å². The van der Waals surface area contributed by atoms with Crippen LogP contribution >= 0.6 is 0 Å². The van der Waals surface area contributed by atoms with Crippen LogP contribution in [-0.2, 0) is 4.74 Å². The van der Waals surface area contributed by atoms with E-state index < -0.39 is 0 Å². The maximum atomic E-state index is 6.16. The molecule has 4 rings (SSSR count). The molecule has 2 aliphatic heterocycles. The molecule has 4 heteroatoms. The second-order valence-corrected chi connectivity index (χ2v) is 6.60. The van der Waals surface area contributed by atoms with Gasteiger partial charge in [-0.1, -0.05) is 0 Å². The molecule has 0 amide bonds. The molecule has 2 heterocycles. The third-order valence-electron chi connectivity index (χ3n) is 5.68. The van der Waals surface area contributed by atoms with Crippen molar-refractivity contribution in [2.24, 2.45) is 22.6 Å². The summed E-state index contributed by atoms with van der Waals surface area (Å²) >= 11 is 0. The van der Waals surface area contributed by atoms with E-state index in [1.165, 1.54) is 38.5 Å². The second kappa shape index (κ2) is 3.86. The van der Waals surface area contributed by atoms with Crippen LogP contribution in [0.25, 0.3) is 0 Å². The Morgan fingerprint density at radius 1 is 1.39 bits per heavy atom. The van der Waals surface area contributed by atoms with Crippen molar-refractivity contribution in [3.63, 3.8) is 0 Å². The molecular formula is C14H23N3O. The van der Waals surface area contributed by atoms with E-state index in [2.05, 4.69) is 9.89 Å². The van der Waals surface area contributed by atoms with Crippen molar-refractivity contribution in [3.8, 4) is 0 Å². The molecule has 4 unspecified atom stereocenters. The quantitative estimate of drug-likeness (QED) is 0.804. The van der Waals surface area contributed by atoms with E-state index in [0.717, 1.165) is 37.5 Å². The number of rotatable bonds is 2. The van der Waals surface area contributed by atoms with Gasteiger partial charge in [-0.05, 0) is 50.4 Å². The number of aliphatic imine (C=N–C) groups is 1. The standard InChI is InChI=1S/C14H23N3O/c15-13-16-9-14(7-10-3-4-11(14)6-10)17(13)8-12-2-1-5-18-12/h10-12H,1-9H2,(H2,15,16). The maximum Gasteiger partial charge on any atom is 0.191 e. The normalized spacial score (nSPS) is 46.3. The maximum absolute atomic E-state index is 6.16. The van der Waals surface area contributed by atoms with Gasteiger partial charge >= 0.3 is 0 Å². The molecular weight excluding hydrogens is 226 g/mol. The lowest BCUT2D eigenvalue weighted by molar-refractivity contribution is 0.0460. The topological polar surface area (TPSA) is 50.8 Å². The molecule has 1 spiro atoms. The number of hydrogen-bond donors (Lipinski definition) is 1. The summed E-state index contributed by atoms with van der Waals surface area (Å²) < 4.78 is 5.79. The Balaban J connectivity index is 1.56. The third kappa shape index (κ3) is 1.44. The Morgan fingerprint density at radius 3 is 3.00 bits per heavy atom. The van der Waals surface area contributed by atoms with Gasteiger partial charge in [-0.15, -0.1) is 0 Å². The van der Waals surface area contributed by atoms with Crippen LogP contribution in [0, 0.1) is 11.8 Å². The van der Waals surface area contributed by atoms with Crippen molar-refractivity contribution in [2.75, 3.05) is 19.7 Å². The van der Waals surface area contributed by atoms with Crippen molar-refractivity contribution in [3.05, 3.63) is 0 Å². The first-order chi connectivity index (χ1) is 8.78. The zero-order valence-corrected chi connectivity index (χ0v) is 11.0. The van der Waals surface area contributed by atoms with Crippen molar-refractivity contribution >= 4 is 5.96 Å². The summed E-state index contributed by atoms with van der Waals surface area (Å²) in [6.07, 6.45) is 8.31. The molecule has 4 atom stereocenters. The van der Waals surface area contributed by atoms with Crippen LogP contribution in [0.1, 0.15) is 38.5 Å². The molecule has 0 radical (unpaired) electrons. The van der Waals surface area contributed by atoms with Crippen LogP contribution in [0.15, 0.2) is 4.99 Å². The van der Waals surface area contributed by atoms with E-state index in [0.29, 0.717) is 6.10 Å². The van der Waals surface area contributed by atoms with Crippen LogP contribution in [-0.4, -0.2) is 42.2 Å². The minimum atomic E-state index is 0.277. The highest BCUT2D eigenvalue weighted by Crippen LogP contribution is 2.54. The fourth-order valence-electron chi connectivity index (χ4n) is 4.82. The van der Waals surface area contributed by atoms with E-state index in [4.69, 9.17) is 10.5 Å². The number of guanidine groups is 1. The molecule has 4 aliphatic rings. The number of ether oxygens (including phenoxy) is 1.